The Morgan fingerprint density at radius 2 is 1.89 bits per heavy atom. The molecule has 1 aliphatic rings. The van der Waals surface area contributed by atoms with E-state index in [1.807, 2.05) is 42.5 Å². The molecule has 1 fully saturated rings. The molecule has 0 spiro atoms. The molecule has 1 N–H and O–H groups in total. The number of fused-ring (bicyclic) bond motifs is 1. The number of para-hydroxylation sites is 1. The Labute approximate surface area is 165 Å². The summed E-state index contributed by atoms with van der Waals surface area (Å²) in [5, 5.41) is 5.33. The summed E-state index contributed by atoms with van der Waals surface area (Å²) in [6, 6.07) is 16.5. The van der Waals surface area contributed by atoms with Crippen molar-refractivity contribution in [3.63, 3.8) is 0 Å². The van der Waals surface area contributed by atoms with Gasteiger partial charge in [-0.25, -0.2) is 9.97 Å². The van der Waals surface area contributed by atoms with Gasteiger partial charge in [0, 0.05) is 35.1 Å². The standard InChI is InChI=1S/C22H25ClN4/c1-16-6-4-5-14-27(16)15-13-24-22-19-7-2-3-8-20(19)25-21(26-22)17-9-11-18(23)12-10-17/h2-3,7-12,16H,4-6,13-15H2,1H3,(H,24,25,26). The molecule has 0 amide bonds. The summed E-state index contributed by atoms with van der Waals surface area (Å²) >= 11 is 6.02. The second kappa shape index (κ2) is 8.24. The molecule has 0 radical (unpaired) electrons. The monoisotopic (exact) mass is 380 g/mol. The highest BCUT2D eigenvalue weighted by atomic mass is 35.5. The molecule has 3 aromatic rings. The van der Waals surface area contributed by atoms with E-state index in [9.17, 15) is 0 Å². The molecule has 4 nitrogen and oxygen atoms in total. The molecular formula is C22H25ClN4. The van der Waals surface area contributed by atoms with Gasteiger partial charge in [-0.3, -0.25) is 4.90 Å². The van der Waals surface area contributed by atoms with Crippen LogP contribution >= 0.6 is 11.6 Å². The molecule has 4 rings (SSSR count). The highest BCUT2D eigenvalue weighted by molar-refractivity contribution is 6.30. The molecule has 0 aliphatic carbocycles. The van der Waals surface area contributed by atoms with E-state index >= 15 is 0 Å². The second-order valence-electron chi connectivity index (χ2n) is 7.23. The van der Waals surface area contributed by atoms with Crippen molar-refractivity contribution < 1.29 is 0 Å². The zero-order valence-corrected chi connectivity index (χ0v) is 16.4. The van der Waals surface area contributed by atoms with Crippen LogP contribution in [0.25, 0.3) is 22.3 Å². The molecule has 2 heterocycles. The summed E-state index contributed by atoms with van der Waals surface area (Å²) in [7, 11) is 0. The van der Waals surface area contributed by atoms with Crippen LogP contribution in [0.5, 0.6) is 0 Å². The molecular weight excluding hydrogens is 356 g/mol. The molecule has 0 saturated carbocycles. The number of hydrogen-bond donors (Lipinski definition) is 1. The van der Waals surface area contributed by atoms with Gasteiger partial charge in [-0.1, -0.05) is 30.2 Å². The maximum Gasteiger partial charge on any atom is 0.162 e. The van der Waals surface area contributed by atoms with Crippen molar-refractivity contribution in [1.29, 1.82) is 0 Å². The van der Waals surface area contributed by atoms with Crippen molar-refractivity contribution in [3.8, 4) is 11.4 Å². The van der Waals surface area contributed by atoms with Crippen molar-refractivity contribution in [2.45, 2.75) is 32.2 Å². The minimum atomic E-state index is 0.673. The number of anilines is 1. The van der Waals surface area contributed by atoms with E-state index in [1.165, 1.54) is 25.8 Å². The molecule has 27 heavy (non-hydrogen) atoms. The third kappa shape index (κ3) is 4.23. The molecule has 1 aliphatic heterocycles. The number of halogens is 1. The number of nitrogens with zero attached hydrogens (tertiary/aromatic N) is 3. The fraction of sp³-hybridized carbons (Fsp3) is 0.364. The first-order chi connectivity index (χ1) is 13.2. The Hall–Kier alpha value is -2.17. The van der Waals surface area contributed by atoms with Gasteiger partial charge in [-0.05, 0) is 62.7 Å². The molecule has 1 unspecified atom stereocenters. The van der Waals surface area contributed by atoms with Crippen LogP contribution in [0.3, 0.4) is 0 Å². The van der Waals surface area contributed by atoms with E-state index in [1.54, 1.807) is 0 Å². The minimum Gasteiger partial charge on any atom is -0.368 e. The van der Waals surface area contributed by atoms with Crippen molar-refractivity contribution in [3.05, 3.63) is 53.6 Å². The van der Waals surface area contributed by atoms with Gasteiger partial charge in [0.2, 0.25) is 0 Å². The maximum atomic E-state index is 6.02. The fourth-order valence-electron chi connectivity index (χ4n) is 3.75. The molecule has 0 bridgehead atoms. The highest BCUT2D eigenvalue weighted by Crippen LogP contribution is 2.26. The maximum absolute atomic E-state index is 6.02. The number of aromatic nitrogens is 2. The summed E-state index contributed by atoms with van der Waals surface area (Å²) in [6.45, 7) is 5.45. The number of rotatable bonds is 5. The van der Waals surface area contributed by atoms with Crippen LogP contribution in [-0.4, -0.2) is 40.5 Å². The van der Waals surface area contributed by atoms with Gasteiger partial charge >= 0.3 is 0 Å². The van der Waals surface area contributed by atoms with Gasteiger partial charge in [0.25, 0.3) is 0 Å². The lowest BCUT2D eigenvalue weighted by Gasteiger charge is -2.33. The normalized spacial score (nSPS) is 17.9. The first-order valence-corrected chi connectivity index (χ1v) is 10.1. The van der Waals surface area contributed by atoms with E-state index in [-0.39, 0.29) is 0 Å². The SMILES string of the molecule is CC1CCCCN1CCNc1nc(-c2ccc(Cl)cc2)nc2ccccc12. The van der Waals surface area contributed by atoms with Gasteiger partial charge in [0.1, 0.15) is 5.82 Å². The molecule has 2 aromatic carbocycles. The van der Waals surface area contributed by atoms with Crippen molar-refractivity contribution in [2.24, 2.45) is 0 Å². The number of likely N-dealkylation sites (tertiary alicyclic amines) is 1. The summed E-state index contributed by atoms with van der Waals surface area (Å²) in [5.41, 5.74) is 1.92. The van der Waals surface area contributed by atoms with Crippen LogP contribution in [0.4, 0.5) is 5.82 Å². The van der Waals surface area contributed by atoms with Gasteiger partial charge < -0.3 is 5.32 Å². The average molecular weight is 381 g/mol. The quantitative estimate of drug-likeness (QED) is 0.657. The fourth-order valence-corrected chi connectivity index (χ4v) is 3.87. The lowest BCUT2D eigenvalue weighted by Crippen LogP contribution is -2.40. The zero-order valence-electron chi connectivity index (χ0n) is 15.7. The van der Waals surface area contributed by atoms with Crippen LogP contribution in [-0.2, 0) is 0 Å². The van der Waals surface area contributed by atoms with E-state index in [0.717, 1.165) is 41.2 Å². The van der Waals surface area contributed by atoms with E-state index in [0.29, 0.717) is 11.1 Å². The first-order valence-electron chi connectivity index (χ1n) is 9.71. The summed E-state index contributed by atoms with van der Waals surface area (Å²) in [4.78, 5) is 12.1. The lowest BCUT2D eigenvalue weighted by molar-refractivity contribution is 0.167. The van der Waals surface area contributed by atoms with E-state index < -0.39 is 0 Å². The van der Waals surface area contributed by atoms with Gasteiger partial charge in [-0.15, -0.1) is 0 Å². The average Bonchev–Trinajstić information content (AvgIpc) is 2.70. The highest BCUT2D eigenvalue weighted by Gasteiger charge is 2.17. The summed E-state index contributed by atoms with van der Waals surface area (Å²) in [6.07, 6.45) is 3.96. The zero-order chi connectivity index (χ0) is 18.6. The molecule has 1 atom stereocenters. The number of hydrogen-bond acceptors (Lipinski definition) is 4. The van der Waals surface area contributed by atoms with Crippen LogP contribution < -0.4 is 5.32 Å². The predicted octanol–water partition coefficient (Wildman–Crippen LogP) is 5.24. The number of nitrogens with one attached hydrogen (secondary N) is 1. The minimum absolute atomic E-state index is 0.673. The van der Waals surface area contributed by atoms with Gasteiger partial charge in [-0.2, -0.15) is 0 Å². The Morgan fingerprint density at radius 3 is 2.70 bits per heavy atom. The predicted molar refractivity (Wildman–Crippen MR) is 113 cm³/mol. The third-order valence-electron chi connectivity index (χ3n) is 5.34. The molecule has 1 aromatic heterocycles. The largest absolute Gasteiger partial charge is 0.368 e. The Kier molecular flexibility index (Phi) is 5.55. The van der Waals surface area contributed by atoms with Gasteiger partial charge in [0.15, 0.2) is 5.82 Å². The third-order valence-corrected chi connectivity index (χ3v) is 5.59. The Bertz CT molecular complexity index is 910. The smallest absolute Gasteiger partial charge is 0.162 e. The first kappa shape index (κ1) is 18.2. The van der Waals surface area contributed by atoms with Crippen LogP contribution in [0, 0.1) is 0 Å². The lowest BCUT2D eigenvalue weighted by atomic mass is 10.0. The Morgan fingerprint density at radius 1 is 1.07 bits per heavy atom. The molecule has 140 valence electrons. The second-order valence-corrected chi connectivity index (χ2v) is 7.66. The Balaban J connectivity index is 1.57. The summed E-state index contributed by atoms with van der Waals surface area (Å²) < 4.78 is 0. The molecule has 1 saturated heterocycles. The van der Waals surface area contributed by atoms with Gasteiger partial charge in [0.05, 0.1) is 5.52 Å². The van der Waals surface area contributed by atoms with E-state index in [2.05, 4.69) is 23.2 Å². The molecule has 5 heteroatoms. The van der Waals surface area contributed by atoms with Crippen molar-refractivity contribution >= 4 is 28.3 Å². The van der Waals surface area contributed by atoms with E-state index in [4.69, 9.17) is 21.6 Å². The topological polar surface area (TPSA) is 41.0 Å². The van der Waals surface area contributed by atoms with Crippen molar-refractivity contribution in [1.82, 2.24) is 14.9 Å². The van der Waals surface area contributed by atoms with Crippen LogP contribution in [0.1, 0.15) is 26.2 Å². The number of piperidine rings is 1. The van der Waals surface area contributed by atoms with Crippen LogP contribution in [0.15, 0.2) is 48.5 Å². The van der Waals surface area contributed by atoms with Crippen LogP contribution in [0.2, 0.25) is 5.02 Å². The summed E-state index contributed by atoms with van der Waals surface area (Å²) in [5.74, 6) is 1.62. The van der Waals surface area contributed by atoms with Crippen molar-refractivity contribution in [2.75, 3.05) is 25.0 Å². The number of benzene rings is 2.